The van der Waals surface area contributed by atoms with Gasteiger partial charge in [-0.1, -0.05) is 48.0 Å². The van der Waals surface area contributed by atoms with Gasteiger partial charge in [-0.2, -0.15) is 0 Å². The standard InChI is InChI=1S/C24H21NO3S/c1-17-8-9-24(29(27,28)16-19-6-4-3-5-7-19)22(13-17)21-14-20-12-18(2)10-11-25(20)23(21)15-26/h3-15H,16H2,1-2H3. The second-order valence-electron chi connectivity index (χ2n) is 7.30. The lowest BCUT2D eigenvalue weighted by Crippen LogP contribution is -2.07. The number of hydrogen-bond acceptors (Lipinski definition) is 3. The molecule has 2 aromatic carbocycles. The third-order valence-electron chi connectivity index (χ3n) is 5.04. The second-order valence-corrected chi connectivity index (χ2v) is 9.26. The number of rotatable bonds is 5. The smallest absolute Gasteiger partial charge is 0.183 e. The van der Waals surface area contributed by atoms with Crippen molar-refractivity contribution in [3.05, 3.63) is 95.3 Å². The summed E-state index contributed by atoms with van der Waals surface area (Å²) >= 11 is 0. The number of carbonyl (C=O) groups is 1. The molecule has 0 bridgehead atoms. The van der Waals surface area contributed by atoms with Crippen LogP contribution in [-0.2, 0) is 15.6 Å². The second kappa shape index (κ2) is 7.33. The first-order chi connectivity index (χ1) is 13.9. The van der Waals surface area contributed by atoms with Crippen LogP contribution in [0.3, 0.4) is 0 Å². The van der Waals surface area contributed by atoms with Crippen LogP contribution in [0.2, 0.25) is 0 Å². The Hall–Kier alpha value is -3.18. The molecule has 29 heavy (non-hydrogen) atoms. The van der Waals surface area contributed by atoms with Crippen molar-refractivity contribution in [1.82, 2.24) is 4.40 Å². The summed E-state index contributed by atoms with van der Waals surface area (Å²) in [4.78, 5) is 12.2. The van der Waals surface area contributed by atoms with E-state index in [1.807, 2.05) is 62.5 Å². The van der Waals surface area contributed by atoms with E-state index in [2.05, 4.69) is 0 Å². The zero-order valence-electron chi connectivity index (χ0n) is 16.3. The van der Waals surface area contributed by atoms with Crippen LogP contribution in [0.15, 0.2) is 77.8 Å². The molecule has 0 spiro atoms. The van der Waals surface area contributed by atoms with Gasteiger partial charge in [-0.25, -0.2) is 8.42 Å². The Balaban J connectivity index is 1.93. The van der Waals surface area contributed by atoms with Crippen LogP contribution >= 0.6 is 0 Å². The van der Waals surface area contributed by atoms with Crippen LogP contribution in [0.25, 0.3) is 16.6 Å². The molecular formula is C24H21NO3S. The van der Waals surface area contributed by atoms with E-state index in [1.165, 1.54) is 0 Å². The van der Waals surface area contributed by atoms with E-state index in [1.54, 1.807) is 28.7 Å². The Bertz CT molecular complexity index is 1320. The minimum atomic E-state index is -3.60. The van der Waals surface area contributed by atoms with Crippen LogP contribution in [0.5, 0.6) is 0 Å². The number of benzene rings is 2. The van der Waals surface area contributed by atoms with Gasteiger partial charge in [0.25, 0.3) is 0 Å². The van der Waals surface area contributed by atoms with Crippen LogP contribution in [0.4, 0.5) is 0 Å². The normalized spacial score (nSPS) is 11.7. The van der Waals surface area contributed by atoms with Crippen molar-refractivity contribution in [2.75, 3.05) is 0 Å². The molecule has 4 aromatic rings. The topological polar surface area (TPSA) is 55.6 Å². The molecule has 5 heteroatoms. The predicted octanol–water partition coefficient (Wildman–Crippen LogP) is 5.01. The average molecular weight is 404 g/mol. The highest BCUT2D eigenvalue weighted by Gasteiger charge is 2.23. The lowest BCUT2D eigenvalue weighted by molar-refractivity contribution is 0.111. The van der Waals surface area contributed by atoms with Crippen molar-refractivity contribution in [3.63, 3.8) is 0 Å². The lowest BCUT2D eigenvalue weighted by Gasteiger charge is -2.12. The minimum absolute atomic E-state index is 0.0905. The van der Waals surface area contributed by atoms with Gasteiger partial charge in [0, 0.05) is 22.8 Å². The molecule has 0 saturated carbocycles. The summed E-state index contributed by atoms with van der Waals surface area (Å²) in [5, 5.41) is 0. The first kappa shape index (κ1) is 19.2. The monoisotopic (exact) mass is 403 g/mol. The summed E-state index contributed by atoms with van der Waals surface area (Å²) in [5.74, 6) is -0.0905. The molecule has 0 unspecified atom stereocenters. The highest BCUT2D eigenvalue weighted by molar-refractivity contribution is 7.90. The number of fused-ring (bicyclic) bond motifs is 1. The molecule has 4 nitrogen and oxygen atoms in total. The Labute approximate surface area is 170 Å². The van der Waals surface area contributed by atoms with Crippen molar-refractivity contribution in [1.29, 1.82) is 0 Å². The van der Waals surface area contributed by atoms with Gasteiger partial charge >= 0.3 is 0 Å². The highest BCUT2D eigenvalue weighted by Crippen LogP contribution is 2.34. The average Bonchev–Trinajstić information content (AvgIpc) is 3.05. The summed E-state index contributed by atoms with van der Waals surface area (Å²) in [6.07, 6.45) is 2.62. The number of hydrogen-bond donors (Lipinski definition) is 0. The van der Waals surface area contributed by atoms with Crippen LogP contribution in [0, 0.1) is 13.8 Å². The molecule has 0 N–H and O–H groups in total. The number of aldehydes is 1. The maximum atomic E-state index is 13.3. The van der Waals surface area contributed by atoms with E-state index in [-0.39, 0.29) is 10.6 Å². The Kier molecular flexibility index (Phi) is 4.84. The fourth-order valence-corrected chi connectivity index (χ4v) is 5.21. The van der Waals surface area contributed by atoms with E-state index in [0.29, 0.717) is 16.8 Å². The largest absolute Gasteiger partial charge is 0.314 e. The molecule has 0 atom stereocenters. The molecular weight excluding hydrogens is 382 g/mol. The molecule has 146 valence electrons. The van der Waals surface area contributed by atoms with Gasteiger partial charge < -0.3 is 4.40 Å². The fourth-order valence-electron chi connectivity index (χ4n) is 3.64. The van der Waals surface area contributed by atoms with E-state index in [4.69, 9.17) is 0 Å². The fraction of sp³-hybridized carbons (Fsp3) is 0.125. The third-order valence-corrected chi connectivity index (χ3v) is 6.78. The van der Waals surface area contributed by atoms with Gasteiger partial charge in [-0.05, 0) is 49.2 Å². The summed E-state index contributed by atoms with van der Waals surface area (Å²) in [7, 11) is -3.60. The summed E-state index contributed by atoms with van der Waals surface area (Å²) < 4.78 is 28.4. The molecule has 0 aliphatic rings. The zero-order valence-corrected chi connectivity index (χ0v) is 17.1. The number of pyridine rings is 1. The zero-order chi connectivity index (χ0) is 20.6. The number of aromatic nitrogens is 1. The molecule has 0 saturated heterocycles. The van der Waals surface area contributed by atoms with E-state index in [9.17, 15) is 13.2 Å². The number of carbonyl (C=O) groups excluding carboxylic acids is 1. The lowest BCUT2D eigenvalue weighted by atomic mass is 10.0. The quantitative estimate of drug-likeness (QED) is 0.440. The Morgan fingerprint density at radius 3 is 2.31 bits per heavy atom. The molecule has 0 amide bonds. The van der Waals surface area contributed by atoms with Crippen molar-refractivity contribution >= 4 is 21.6 Å². The first-order valence-corrected chi connectivity index (χ1v) is 11.0. The van der Waals surface area contributed by atoms with Gasteiger partial charge in [-0.3, -0.25) is 4.79 Å². The van der Waals surface area contributed by atoms with Crippen LogP contribution in [-0.4, -0.2) is 19.1 Å². The predicted molar refractivity (Wildman–Crippen MR) is 115 cm³/mol. The molecule has 0 aliphatic heterocycles. The van der Waals surface area contributed by atoms with E-state index < -0.39 is 9.84 Å². The number of sulfone groups is 1. The number of nitrogens with zero attached hydrogens (tertiary/aromatic N) is 1. The molecule has 0 fully saturated rings. The van der Waals surface area contributed by atoms with Crippen LogP contribution in [0.1, 0.15) is 27.2 Å². The maximum Gasteiger partial charge on any atom is 0.183 e. The SMILES string of the molecule is Cc1ccc(S(=O)(=O)Cc2ccccc2)c(-c2cc3cc(C)ccn3c2C=O)c1. The molecule has 0 radical (unpaired) electrons. The van der Waals surface area contributed by atoms with Gasteiger partial charge in [0.1, 0.15) is 0 Å². The number of aryl methyl sites for hydroxylation is 2. The van der Waals surface area contributed by atoms with Gasteiger partial charge in [0.2, 0.25) is 0 Å². The Morgan fingerprint density at radius 1 is 0.862 bits per heavy atom. The van der Waals surface area contributed by atoms with Gasteiger partial charge in [0.05, 0.1) is 16.3 Å². The molecule has 0 aliphatic carbocycles. The van der Waals surface area contributed by atoms with Crippen molar-refractivity contribution in [2.24, 2.45) is 0 Å². The maximum absolute atomic E-state index is 13.3. The van der Waals surface area contributed by atoms with Crippen molar-refractivity contribution < 1.29 is 13.2 Å². The van der Waals surface area contributed by atoms with Crippen molar-refractivity contribution in [2.45, 2.75) is 24.5 Å². The Morgan fingerprint density at radius 2 is 1.59 bits per heavy atom. The summed E-state index contributed by atoms with van der Waals surface area (Å²) in [6, 6.07) is 20.2. The minimum Gasteiger partial charge on any atom is -0.314 e. The first-order valence-electron chi connectivity index (χ1n) is 9.33. The van der Waals surface area contributed by atoms with Gasteiger partial charge in [-0.15, -0.1) is 0 Å². The van der Waals surface area contributed by atoms with E-state index >= 15 is 0 Å². The summed E-state index contributed by atoms with van der Waals surface area (Å²) in [6.45, 7) is 3.90. The van der Waals surface area contributed by atoms with E-state index in [0.717, 1.165) is 28.5 Å². The molecule has 4 rings (SSSR count). The van der Waals surface area contributed by atoms with Crippen molar-refractivity contribution in [3.8, 4) is 11.1 Å². The highest BCUT2D eigenvalue weighted by atomic mass is 32.2. The summed E-state index contributed by atoms with van der Waals surface area (Å²) in [5.41, 5.74) is 5.22. The van der Waals surface area contributed by atoms with Gasteiger partial charge in [0.15, 0.2) is 16.1 Å². The molecule has 2 aromatic heterocycles. The van der Waals surface area contributed by atoms with Crippen LogP contribution < -0.4 is 0 Å². The molecule has 2 heterocycles. The third kappa shape index (κ3) is 3.61.